The van der Waals surface area contributed by atoms with Gasteiger partial charge >= 0.3 is 0 Å². The van der Waals surface area contributed by atoms with Crippen LogP contribution in [0.3, 0.4) is 0 Å². The van der Waals surface area contributed by atoms with E-state index in [0.29, 0.717) is 6.54 Å². The van der Waals surface area contributed by atoms with E-state index in [2.05, 4.69) is 15.5 Å². The number of H-pyrrole nitrogens is 1. The number of nitrogens with zero attached hydrogens (tertiary/aromatic N) is 1. The van der Waals surface area contributed by atoms with Gasteiger partial charge in [0.15, 0.2) is 0 Å². The number of carbonyl (C=O) groups is 1. The summed E-state index contributed by atoms with van der Waals surface area (Å²) in [7, 11) is 0. The average molecular weight is 197 g/mol. The van der Waals surface area contributed by atoms with Crippen molar-refractivity contribution in [3.8, 4) is 0 Å². The van der Waals surface area contributed by atoms with Crippen LogP contribution in [0, 0.1) is 13.8 Å². The van der Waals surface area contributed by atoms with Gasteiger partial charge in [-0.3, -0.25) is 9.89 Å². The molecule has 14 heavy (non-hydrogen) atoms. The second-order valence-electron chi connectivity index (χ2n) is 3.17. The van der Waals surface area contributed by atoms with Crippen molar-refractivity contribution >= 4 is 5.91 Å². The smallest absolute Gasteiger partial charge is 0.245 e. The third-order valence-electron chi connectivity index (χ3n) is 2.12. The van der Waals surface area contributed by atoms with E-state index in [1.54, 1.807) is 0 Å². The Hall–Kier alpha value is -1.36. The van der Waals surface area contributed by atoms with Crippen molar-refractivity contribution in [2.45, 2.75) is 20.3 Å². The van der Waals surface area contributed by atoms with Gasteiger partial charge in [0.05, 0.1) is 5.69 Å². The number of aryl methyl sites for hydroxylation is 2. The van der Waals surface area contributed by atoms with Crippen LogP contribution in [-0.2, 0) is 11.2 Å². The topological polar surface area (TPSA) is 78.0 Å². The zero-order chi connectivity index (χ0) is 10.6. The summed E-state index contributed by atoms with van der Waals surface area (Å²) < 4.78 is 0. The molecule has 5 heteroatoms. The van der Waals surface area contributed by atoms with Crippen molar-refractivity contribution < 1.29 is 9.90 Å². The molecule has 1 aromatic heterocycles. The van der Waals surface area contributed by atoms with Crippen molar-refractivity contribution in [1.29, 1.82) is 0 Å². The summed E-state index contributed by atoms with van der Waals surface area (Å²) in [5.74, 6) is -0.344. The summed E-state index contributed by atoms with van der Waals surface area (Å²) >= 11 is 0. The number of aromatic nitrogens is 2. The van der Waals surface area contributed by atoms with Crippen LogP contribution in [-0.4, -0.2) is 34.4 Å². The number of hydrogen-bond acceptors (Lipinski definition) is 3. The Bertz CT molecular complexity index is 300. The van der Waals surface area contributed by atoms with Crippen LogP contribution in [0.4, 0.5) is 0 Å². The molecule has 1 amide bonds. The highest BCUT2D eigenvalue weighted by Gasteiger charge is 2.06. The molecule has 0 spiro atoms. The van der Waals surface area contributed by atoms with Crippen LogP contribution in [0.2, 0.25) is 0 Å². The molecular weight excluding hydrogens is 182 g/mol. The van der Waals surface area contributed by atoms with Crippen molar-refractivity contribution in [1.82, 2.24) is 15.5 Å². The Kier molecular flexibility index (Phi) is 3.64. The summed E-state index contributed by atoms with van der Waals surface area (Å²) in [6, 6.07) is 0. The fraction of sp³-hybridized carbons (Fsp3) is 0.556. The van der Waals surface area contributed by atoms with E-state index in [9.17, 15) is 4.79 Å². The number of rotatable bonds is 4. The lowest BCUT2D eigenvalue weighted by Crippen LogP contribution is -2.28. The van der Waals surface area contributed by atoms with Gasteiger partial charge in [-0.25, -0.2) is 0 Å². The molecule has 78 valence electrons. The van der Waals surface area contributed by atoms with Crippen LogP contribution in [0.15, 0.2) is 0 Å². The third kappa shape index (κ3) is 2.56. The highest BCUT2D eigenvalue weighted by atomic mass is 16.3. The standard InChI is InChI=1S/C9H15N3O2/c1-6-8(7(2)12-11-6)3-4-10-9(14)5-13/h13H,3-5H2,1-2H3,(H,10,14)(H,11,12). The van der Waals surface area contributed by atoms with Gasteiger partial charge in [0.1, 0.15) is 6.61 Å². The number of aliphatic hydroxyl groups excluding tert-OH is 1. The average Bonchev–Trinajstić information content (AvgIpc) is 2.48. The van der Waals surface area contributed by atoms with Crippen molar-refractivity contribution in [2.24, 2.45) is 0 Å². The maximum atomic E-state index is 10.7. The van der Waals surface area contributed by atoms with Crippen LogP contribution in [0.1, 0.15) is 17.0 Å². The fourth-order valence-corrected chi connectivity index (χ4v) is 1.33. The lowest BCUT2D eigenvalue weighted by molar-refractivity contribution is -0.123. The molecule has 0 saturated heterocycles. The zero-order valence-corrected chi connectivity index (χ0v) is 8.42. The summed E-state index contributed by atoms with van der Waals surface area (Å²) in [6.07, 6.45) is 0.736. The molecule has 0 radical (unpaired) electrons. The van der Waals surface area contributed by atoms with Gasteiger partial charge in [0.25, 0.3) is 0 Å². The lowest BCUT2D eigenvalue weighted by Gasteiger charge is -2.03. The number of amides is 1. The van der Waals surface area contributed by atoms with Crippen LogP contribution >= 0.6 is 0 Å². The highest BCUT2D eigenvalue weighted by molar-refractivity contribution is 5.76. The SMILES string of the molecule is Cc1n[nH]c(C)c1CCNC(=O)CO. The van der Waals surface area contributed by atoms with E-state index in [1.165, 1.54) is 0 Å². The summed E-state index contributed by atoms with van der Waals surface area (Å²) in [5, 5.41) is 18.0. The first kappa shape index (κ1) is 10.7. The van der Waals surface area contributed by atoms with Crippen LogP contribution in [0.5, 0.6) is 0 Å². The van der Waals surface area contributed by atoms with Crippen LogP contribution < -0.4 is 5.32 Å². The normalized spacial score (nSPS) is 10.2. The van der Waals surface area contributed by atoms with E-state index in [4.69, 9.17) is 5.11 Å². The Morgan fingerprint density at radius 3 is 2.79 bits per heavy atom. The molecular formula is C9H15N3O2. The van der Waals surface area contributed by atoms with Gasteiger partial charge in [-0.2, -0.15) is 5.10 Å². The molecule has 0 saturated carbocycles. The molecule has 0 unspecified atom stereocenters. The Balaban J connectivity index is 2.42. The molecule has 1 rings (SSSR count). The monoisotopic (exact) mass is 197 g/mol. The van der Waals surface area contributed by atoms with Crippen molar-refractivity contribution in [3.63, 3.8) is 0 Å². The molecule has 0 fully saturated rings. The zero-order valence-electron chi connectivity index (χ0n) is 8.42. The summed E-state index contributed by atoms with van der Waals surface area (Å²) in [6.45, 7) is 3.94. The van der Waals surface area contributed by atoms with Crippen molar-refractivity contribution in [3.05, 3.63) is 17.0 Å². The molecule has 0 atom stereocenters. The van der Waals surface area contributed by atoms with Gasteiger partial charge in [-0.05, 0) is 25.8 Å². The van der Waals surface area contributed by atoms with E-state index in [1.807, 2.05) is 13.8 Å². The first-order valence-electron chi connectivity index (χ1n) is 4.53. The van der Waals surface area contributed by atoms with E-state index >= 15 is 0 Å². The molecule has 0 aliphatic heterocycles. The third-order valence-corrected chi connectivity index (χ3v) is 2.12. The van der Waals surface area contributed by atoms with Gasteiger partial charge in [-0.1, -0.05) is 0 Å². The maximum Gasteiger partial charge on any atom is 0.245 e. The lowest BCUT2D eigenvalue weighted by atomic mass is 10.1. The second-order valence-corrected chi connectivity index (χ2v) is 3.17. The molecule has 0 aromatic carbocycles. The quantitative estimate of drug-likeness (QED) is 0.619. The van der Waals surface area contributed by atoms with E-state index in [-0.39, 0.29) is 5.91 Å². The molecule has 0 bridgehead atoms. The maximum absolute atomic E-state index is 10.7. The summed E-state index contributed by atoms with van der Waals surface area (Å²) in [4.78, 5) is 10.7. The minimum atomic E-state index is -0.455. The molecule has 3 N–H and O–H groups in total. The number of nitrogens with one attached hydrogen (secondary N) is 2. The molecule has 1 aromatic rings. The Labute approximate surface area is 82.5 Å². The molecule has 0 aliphatic rings. The van der Waals surface area contributed by atoms with Gasteiger partial charge in [-0.15, -0.1) is 0 Å². The van der Waals surface area contributed by atoms with Crippen molar-refractivity contribution in [2.75, 3.05) is 13.2 Å². The summed E-state index contributed by atoms with van der Waals surface area (Å²) in [5.41, 5.74) is 3.12. The Morgan fingerprint density at radius 2 is 2.29 bits per heavy atom. The van der Waals surface area contributed by atoms with E-state index in [0.717, 1.165) is 23.4 Å². The van der Waals surface area contributed by atoms with E-state index < -0.39 is 6.61 Å². The number of carbonyl (C=O) groups excluding carboxylic acids is 1. The minimum absolute atomic E-state index is 0.344. The van der Waals surface area contributed by atoms with Gasteiger partial charge in [0.2, 0.25) is 5.91 Å². The largest absolute Gasteiger partial charge is 0.387 e. The molecule has 0 aliphatic carbocycles. The molecule has 5 nitrogen and oxygen atoms in total. The van der Waals surface area contributed by atoms with Gasteiger partial charge < -0.3 is 10.4 Å². The highest BCUT2D eigenvalue weighted by Crippen LogP contribution is 2.08. The minimum Gasteiger partial charge on any atom is -0.387 e. The number of aromatic amines is 1. The second kappa shape index (κ2) is 4.76. The fourth-order valence-electron chi connectivity index (χ4n) is 1.33. The van der Waals surface area contributed by atoms with Crippen LogP contribution in [0.25, 0.3) is 0 Å². The predicted octanol–water partition coefficient (Wildman–Crippen LogP) is -0.322. The first-order chi connectivity index (χ1) is 6.65. The first-order valence-corrected chi connectivity index (χ1v) is 4.53. The van der Waals surface area contributed by atoms with Gasteiger partial charge in [0, 0.05) is 12.2 Å². The number of aliphatic hydroxyl groups is 1. The molecule has 1 heterocycles. The predicted molar refractivity (Wildman–Crippen MR) is 51.9 cm³/mol. The number of hydrogen-bond donors (Lipinski definition) is 3. The Morgan fingerprint density at radius 1 is 1.57 bits per heavy atom.